The van der Waals surface area contributed by atoms with E-state index in [4.69, 9.17) is 5.73 Å². The van der Waals surface area contributed by atoms with Gasteiger partial charge in [0.15, 0.2) is 0 Å². The minimum atomic E-state index is -0.359. The minimum absolute atomic E-state index is 0.0453. The second kappa shape index (κ2) is 5.92. The van der Waals surface area contributed by atoms with Crippen molar-refractivity contribution in [3.05, 3.63) is 23.8 Å². The zero-order valence-electron chi connectivity index (χ0n) is 11.8. The lowest BCUT2D eigenvalue weighted by Gasteiger charge is -2.31. The Labute approximate surface area is 118 Å². The summed E-state index contributed by atoms with van der Waals surface area (Å²) in [7, 11) is 0. The standard InChI is InChI=1S/C14H20N4O2/c1-9-3-4-11(15)7-12(9)17-14(20)10(2)18-6-5-16-13(19)8-18/h3-4,7,10H,5-6,8,15H2,1-2H3,(H,16,19)(H,17,20). The molecule has 0 spiro atoms. The van der Waals surface area contributed by atoms with Gasteiger partial charge in [-0.25, -0.2) is 0 Å². The molecule has 1 atom stereocenters. The Balaban J connectivity index is 2.03. The molecule has 6 nitrogen and oxygen atoms in total. The summed E-state index contributed by atoms with van der Waals surface area (Å²) >= 11 is 0. The number of nitrogens with zero attached hydrogens (tertiary/aromatic N) is 1. The van der Waals surface area contributed by atoms with Gasteiger partial charge in [0.05, 0.1) is 12.6 Å². The fourth-order valence-corrected chi connectivity index (χ4v) is 2.17. The second-order valence-corrected chi connectivity index (χ2v) is 5.06. The third-order valence-corrected chi connectivity index (χ3v) is 3.51. The molecule has 6 heteroatoms. The molecule has 1 fully saturated rings. The molecular weight excluding hydrogens is 256 g/mol. The SMILES string of the molecule is Cc1ccc(N)cc1NC(=O)C(C)N1CCNC(=O)C1. The van der Waals surface area contributed by atoms with Crippen LogP contribution in [0.3, 0.4) is 0 Å². The molecule has 2 rings (SSSR count). The third kappa shape index (κ3) is 3.27. The molecule has 20 heavy (non-hydrogen) atoms. The summed E-state index contributed by atoms with van der Waals surface area (Å²) in [5, 5.41) is 5.61. The van der Waals surface area contributed by atoms with Crippen molar-refractivity contribution in [2.24, 2.45) is 0 Å². The van der Waals surface area contributed by atoms with Crippen molar-refractivity contribution in [2.45, 2.75) is 19.9 Å². The molecule has 0 saturated carbocycles. The number of piperazine rings is 1. The zero-order chi connectivity index (χ0) is 14.7. The van der Waals surface area contributed by atoms with Gasteiger partial charge < -0.3 is 16.4 Å². The molecular formula is C14H20N4O2. The Hall–Kier alpha value is -2.08. The van der Waals surface area contributed by atoms with Crippen molar-refractivity contribution in [1.82, 2.24) is 10.2 Å². The lowest BCUT2D eigenvalue weighted by Crippen LogP contribution is -2.53. The molecule has 0 aromatic heterocycles. The molecule has 1 aromatic carbocycles. The predicted molar refractivity (Wildman–Crippen MR) is 78.3 cm³/mol. The van der Waals surface area contributed by atoms with E-state index in [0.29, 0.717) is 24.5 Å². The monoisotopic (exact) mass is 276 g/mol. The van der Waals surface area contributed by atoms with Crippen LogP contribution in [0.1, 0.15) is 12.5 Å². The number of aryl methyl sites for hydroxylation is 1. The lowest BCUT2D eigenvalue weighted by molar-refractivity contribution is -0.127. The number of anilines is 2. The highest BCUT2D eigenvalue weighted by atomic mass is 16.2. The minimum Gasteiger partial charge on any atom is -0.399 e. The van der Waals surface area contributed by atoms with Gasteiger partial charge >= 0.3 is 0 Å². The van der Waals surface area contributed by atoms with Gasteiger partial charge in [-0.1, -0.05) is 6.07 Å². The number of carbonyl (C=O) groups is 2. The Bertz CT molecular complexity index is 530. The normalized spacial score (nSPS) is 17.4. The number of carbonyl (C=O) groups excluding carboxylic acids is 2. The van der Waals surface area contributed by atoms with E-state index in [0.717, 1.165) is 5.56 Å². The van der Waals surface area contributed by atoms with E-state index in [1.165, 1.54) is 0 Å². The summed E-state index contributed by atoms with van der Waals surface area (Å²) in [6, 6.07) is 5.04. The van der Waals surface area contributed by atoms with Crippen LogP contribution in [-0.4, -0.2) is 42.4 Å². The molecule has 1 saturated heterocycles. The van der Waals surface area contributed by atoms with E-state index in [2.05, 4.69) is 10.6 Å². The van der Waals surface area contributed by atoms with E-state index in [1.807, 2.05) is 17.9 Å². The smallest absolute Gasteiger partial charge is 0.241 e. The Kier molecular flexibility index (Phi) is 4.24. The quantitative estimate of drug-likeness (QED) is 0.695. The van der Waals surface area contributed by atoms with Crippen LogP contribution in [0.25, 0.3) is 0 Å². The van der Waals surface area contributed by atoms with Crippen LogP contribution < -0.4 is 16.4 Å². The van der Waals surface area contributed by atoms with Crippen LogP contribution >= 0.6 is 0 Å². The summed E-state index contributed by atoms with van der Waals surface area (Å²) < 4.78 is 0. The number of nitrogens with one attached hydrogen (secondary N) is 2. The average Bonchev–Trinajstić information content (AvgIpc) is 2.42. The van der Waals surface area contributed by atoms with E-state index < -0.39 is 0 Å². The van der Waals surface area contributed by atoms with Gasteiger partial charge in [-0.3, -0.25) is 14.5 Å². The Morgan fingerprint density at radius 2 is 2.25 bits per heavy atom. The number of hydrogen-bond acceptors (Lipinski definition) is 4. The molecule has 1 aromatic rings. The van der Waals surface area contributed by atoms with Crippen LogP contribution in [0.5, 0.6) is 0 Å². The molecule has 4 N–H and O–H groups in total. The van der Waals surface area contributed by atoms with Gasteiger partial charge in [0, 0.05) is 24.5 Å². The number of nitrogens with two attached hydrogens (primary N) is 1. The second-order valence-electron chi connectivity index (χ2n) is 5.06. The Morgan fingerprint density at radius 1 is 1.50 bits per heavy atom. The molecule has 0 aliphatic carbocycles. The van der Waals surface area contributed by atoms with Gasteiger partial charge in [0.2, 0.25) is 11.8 Å². The maximum Gasteiger partial charge on any atom is 0.241 e. The highest BCUT2D eigenvalue weighted by Gasteiger charge is 2.26. The molecule has 0 bridgehead atoms. The van der Waals surface area contributed by atoms with Crippen molar-refractivity contribution in [1.29, 1.82) is 0 Å². The van der Waals surface area contributed by atoms with Crippen molar-refractivity contribution in [2.75, 3.05) is 30.7 Å². The van der Waals surface area contributed by atoms with E-state index in [1.54, 1.807) is 19.1 Å². The van der Waals surface area contributed by atoms with Crippen LogP contribution in [0, 0.1) is 6.92 Å². The molecule has 1 unspecified atom stereocenters. The summed E-state index contributed by atoms with van der Waals surface area (Å²) in [5.41, 5.74) is 8.00. The first-order chi connectivity index (χ1) is 9.47. The first kappa shape index (κ1) is 14.3. The molecule has 1 heterocycles. The Morgan fingerprint density at radius 3 is 2.95 bits per heavy atom. The molecule has 1 aliphatic rings. The summed E-state index contributed by atoms with van der Waals surface area (Å²) in [6.07, 6.45) is 0. The van der Waals surface area contributed by atoms with Gasteiger partial charge in [0.25, 0.3) is 0 Å². The maximum absolute atomic E-state index is 12.3. The first-order valence-electron chi connectivity index (χ1n) is 6.65. The fourth-order valence-electron chi connectivity index (χ4n) is 2.17. The highest BCUT2D eigenvalue weighted by Crippen LogP contribution is 2.18. The van der Waals surface area contributed by atoms with E-state index in [9.17, 15) is 9.59 Å². The van der Waals surface area contributed by atoms with Gasteiger partial charge in [0.1, 0.15) is 0 Å². The largest absolute Gasteiger partial charge is 0.399 e. The number of hydrogen-bond donors (Lipinski definition) is 3. The van der Waals surface area contributed by atoms with Gasteiger partial charge in [-0.15, -0.1) is 0 Å². The molecule has 0 radical (unpaired) electrons. The highest BCUT2D eigenvalue weighted by molar-refractivity contribution is 5.96. The van der Waals surface area contributed by atoms with Crippen molar-refractivity contribution < 1.29 is 9.59 Å². The van der Waals surface area contributed by atoms with Gasteiger partial charge in [-0.2, -0.15) is 0 Å². The van der Waals surface area contributed by atoms with Crippen molar-refractivity contribution >= 4 is 23.2 Å². The first-order valence-corrected chi connectivity index (χ1v) is 6.65. The van der Waals surface area contributed by atoms with E-state index in [-0.39, 0.29) is 24.4 Å². The zero-order valence-corrected chi connectivity index (χ0v) is 11.8. The molecule has 108 valence electrons. The lowest BCUT2D eigenvalue weighted by atomic mass is 10.1. The summed E-state index contributed by atoms with van der Waals surface area (Å²) in [5.74, 6) is -0.176. The van der Waals surface area contributed by atoms with Crippen LogP contribution in [0.2, 0.25) is 0 Å². The average molecular weight is 276 g/mol. The number of nitrogen functional groups attached to an aromatic ring is 1. The van der Waals surface area contributed by atoms with Gasteiger partial charge in [-0.05, 0) is 31.5 Å². The van der Waals surface area contributed by atoms with E-state index >= 15 is 0 Å². The maximum atomic E-state index is 12.3. The predicted octanol–water partition coefficient (Wildman–Crippen LogP) is 0.336. The van der Waals surface area contributed by atoms with Crippen molar-refractivity contribution in [3.8, 4) is 0 Å². The fraction of sp³-hybridized carbons (Fsp3) is 0.429. The van der Waals surface area contributed by atoms with Crippen LogP contribution in [-0.2, 0) is 9.59 Å². The number of amides is 2. The molecule has 1 aliphatic heterocycles. The number of rotatable bonds is 3. The van der Waals surface area contributed by atoms with Crippen LogP contribution in [0.4, 0.5) is 11.4 Å². The summed E-state index contributed by atoms with van der Waals surface area (Å²) in [6.45, 7) is 5.22. The van der Waals surface area contributed by atoms with Crippen LogP contribution in [0.15, 0.2) is 18.2 Å². The topological polar surface area (TPSA) is 87.5 Å². The van der Waals surface area contributed by atoms with Crippen molar-refractivity contribution in [3.63, 3.8) is 0 Å². The molecule has 2 amide bonds. The third-order valence-electron chi connectivity index (χ3n) is 3.51. The number of benzene rings is 1. The summed E-state index contributed by atoms with van der Waals surface area (Å²) in [4.78, 5) is 25.5.